The quantitative estimate of drug-likeness (QED) is 0.624. The van der Waals surface area contributed by atoms with Crippen molar-refractivity contribution in [1.29, 1.82) is 0 Å². The molecule has 0 radical (unpaired) electrons. The lowest BCUT2D eigenvalue weighted by atomic mass is 9.82. The van der Waals surface area contributed by atoms with Crippen LogP contribution < -0.4 is 11.1 Å². The minimum Gasteiger partial charge on any atom is -0.478 e. The molecule has 0 bridgehead atoms. The summed E-state index contributed by atoms with van der Waals surface area (Å²) in [5, 5.41) is 12.1. The molecule has 0 aromatic heterocycles. The van der Waals surface area contributed by atoms with Crippen molar-refractivity contribution in [2.75, 3.05) is 6.54 Å². The van der Waals surface area contributed by atoms with Crippen LogP contribution >= 0.6 is 0 Å². The zero-order chi connectivity index (χ0) is 10.8. The first-order valence-electron chi connectivity index (χ1n) is 5.00. The maximum atomic E-state index is 11.0. The number of hydrogen-bond acceptors (Lipinski definition) is 3. The molecule has 4 heteroatoms. The van der Waals surface area contributed by atoms with E-state index in [2.05, 4.69) is 5.32 Å². The van der Waals surface area contributed by atoms with Crippen molar-refractivity contribution in [3.05, 3.63) is 35.6 Å². The van der Waals surface area contributed by atoms with Crippen molar-refractivity contribution in [3.8, 4) is 0 Å². The smallest absolute Gasteiger partial charge is 0.333 e. The van der Waals surface area contributed by atoms with E-state index in [1.165, 1.54) is 0 Å². The molecule has 2 atom stereocenters. The molecule has 80 valence electrons. The Morgan fingerprint density at radius 2 is 2.40 bits per heavy atom. The number of fused-ring (bicyclic) bond motifs is 1. The maximum Gasteiger partial charge on any atom is 0.333 e. The van der Waals surface area contributed by atoms with E-state index in [9.17, 15) is 4.79 Å². The van der Waals surface area contributed by atoms with Gasteiger partial charge in [-0.15, -0.1) is 0 Å². The standard InChI is InChI=1S/C11H14N2O2/c12-5-4-7-2-1-3-9-10(7)8(6-13-9)11(14)15/h1-3,6,9-10,13H,4-5,12H2,(H,14,15). The number of aliphatic carboxylic acids is 1. The Balaban J connectivity index is 2.26. The van der Waals surface area contributed by atoms with Gasteiger partial charge >= 0.3 is 5.97 Å². The molecule has 0 aromatic carbocycles. The summed E-state index contributed by atoms with van der Waals surface area (Å²) in [6, 6.07) is 0.0858. The van der Waals surface area contributed by atoms with Crippen LogP contribution in [0.3, 0.4) is 0 Å². The molecular weight excluding hydrogens is 192 g/mol. The average Bonchev–Trinajstić information content (AvgIpc) is 2.62. The van der Waals surface area contributed by atoms with Crippen LogP contribution in [-0.2, 0) is 4.79 Å². The number of allylic oxidation sites excluding steroid dienone is 2. The van der Waals surface area contributed by atoms with Crippen LogP contribution in [0.2, 0.25) is 0 Å². The second-order valence-electron chi connectivity index (χ2n) is 3.74. The van der Waals surface area contributed by atoms with Crippen LogP contribution in [0.15, 0.2) is 35.6 Å². The average molecular weight is 206 g/mol. The van der Waals surface area contributed by atoms with Crippen molar-refractivity contribution in [3.63, 3.8) is 0 Å². The Kier molecular flexibility index (Phi) is 2.60. The molecule has 0 amide bonds. The first-order chi connectivity index (χ1) is 7.24. The highest BCUT2D eigenvalue weighted by Crippen LogP contribution is 2.33. The van der Waals surface area contributed by atoms with Gasteiger partial charge in [0.15, 0.2) is 0 Å². The molecule has 0 spiro atoms. The Morgan fingerprint density at radius 3 is 3.07 bits per heavy atom. The fourth-order valence-corrected chi connectivity index (χ4v) is 2.17. The Bertz CT molecular complexity index is 369. The summed E-state index contributed by atoms with van der Waals surface area (Å²) in [5.41, 5.74) is 7.05. The van der Waals surface area contributed by atoms with Crippen LogP contribution in [-0.4, -0.2) is 23.7 Å². The minimum absolute atomic E-state index is 0.0453. The van der Waals surface area contributed by atoms with E-state index in [-0.39, 0.29) is 12.0 Å². The third-order valence-corrected chi connectivity index (χ3v) is 2.83. The zero-order valence-electron chi connectivity index (χ0n) is 8.31. The molecule has 4 N–H and O–H groups in total. The van der Waals surface area contributed by atoms with Crippen molar-refractivity contribution in [2.45, 2.75) is 12.5 Å². The highest BCUT2D eigenvalue weighted by molar-refractivity contribution is 5.89. The Labute approximate surface area is 88.2 Å². The Hall–Kier alpha value is -1.55. The second kappa shape index (κ2) is 3.90. The predicted molar refractivity (Wildman–Crippen MR) is 57.0 cm³/mol. The van der Waals surface area contributed by atoms with Crippen LogP contribution in [0.25, 0.3) is 0 Å². The molecule has 2 aliphatic rings. The van der Waals surface area contributed by atoms with E-state index >= 15 is 0 Å². The monoisotopic (exact) mass is 206 g/mol. The first kappa shape index (κ1) is 9.98. The molecule has 0 fully saturated rings. The van der Waals surface area contributed by atoms with Gasteiger partial charge in [0, 0.05) is 12.1 Å². The van der Waals surface area contributed by atoms with Gasteiger partial charge in [0.05, 0.1) is 11.6 Å². The summed E-state index contributed by atoms with van der Waals surface area (Å²) in [4.78, 5) is 11.0. The molecule has 1 heterocycles. The number of nitrogens with one attached hydrogen (secondary N) is 1. The highest BCUT2D eigenvalue weighted by Gasteiger charge is 2.35. The van der Waals surface area contributed by atoms with Crippen molar-refractivity contribution in [2.24, 2.45) is 11.7 Å². The summed E-state index contributed by atoms with van der Waals surface area (Å²) in [7, 11) is 0. The molecule has 2 rings (SSSR count). The normalized spacial score (nSPS) is 27.8. The molecule has 0 saturated carbocycles. The molecule has 15 heavy (non-hydrogen) atoms. The topological polar surface area (TPSA) is 75.3 Å². The lowest BCUT2D eigenvalue weighted by molar-refractivity contribution is -0.133. The molecule has 1 aliphatic heterocycles. The number of hydrogen-bond donors (Lipinski definition) is 3. The molecule has 0 aromatic rings. The highest BCUT2D eigenvalue weighted by atomic mass is 16.4. The van der Waals surface area contributed by atoms with Crippen LogP contribution in [0.1, 0.15) is 6.42 Å². The number of carboxylic acids is 1. The summed E-state index contributed by atoms with van der Waals surface area (Å²) in [6.45, 7) is 0.551. The first-order valence-corrected chi connectivity index (χ1v) is 5.00. The number of rotatable bonds is 3. The van der Waals surface area contributed by atoms with Crippen LogP contribution in [0.5, 0.6) is 0 Å². The number of nitrogens with two attached hydrogens (primary N) is 1. The van der Waals surface area contributed by atoms with Gasteiger partial charge in [-0.2, -0.15) is 0 Å². The van der Waals surface area contributed by atoms with Gasteiger partial charge in [0.2, 0.25) is 0 Å². The molecule has 2 unspecified atom stereocenters. The lowest BCUT2D eigenvalue weighted by Gasteiger charge is -2.24. The van der Waals surface area contributed by atoms with Gasteiger partial charge in [-0.25, -0.2) is 4.79 Å². The van der Waals surface area contributed by atoms with Crippen molar-refractivity contribution >= 4 is 5.97 Å². The number of carboxylic acid groups (broad SMARTS) is 1. The zero-order valence-corrected chi connectivity index (χ0v) is 8.31. The fraction of sp³-hybridized carbons (Fsp3) is 0.364. The van der Waals surface area contributed by atoms with Crippen LogP contribution in [0, 0.1) is 5.92 Å². The second-order valence-corrected chi connectivity index (χ2v) is 3.74. The van der Waals surface area contributed by atoms with Gasteiger partial charge < -0.3 is 16.2 Å². The molecule has 4 nitrogen and oxygen atoms in total. The van der Waals surface area contributed by atoms with E-state index in [0.717, 1.165) is 12.0 Å². The largest absolute Gasteiger partial charge is 0.478 e. The third kappa shape index (κ3) is 1.68. The SMILES string of the molecule is NCCC1=CC=CC2NC=C(C(=O)O)C12. The minimum atomic E-state index is -0.853. The summed E-state index contributed by atoms with van der Waals surface area (Å²) >= 11 is 0. The van der Waals surface area contributed by atoms with Gasteiger partial charge in [-0.3, -0.25) is 0 Å². The lowest BCUT2D eigenvalue weighted by Crippen LogP contribution is -2.30. The predicted octanol–water partition coefficient (Wildman–Crippen LogP) is 0.388. The third-order valence-electron chi connectivity index (χ3n) is 2.83. The molecule has 0 saturated heterocycles. The Morgan fingerprint density at radius 1 is 1.60 bits per heavy atom. The molecular formula is C11H14N2O2. The molecule has 1 aliphatic carbocycles. The fourth-order valence-electron chi connectivity index (χ4n) is 2.17. The van der Waals surface area contributed by atoms with Gasteiger partial charge in [0.1, 0.15) is 0 Å². The van der Waals surface area contributed by atoms with E-state index in [1.54, 1.807) is 6.20 Å². The maximum absolute atomic E-state index is 11.0. The van der Waals surface area contributed by atoms with Gasteiger partial charge in [-0.1, -0.05) is 23.8 Å². The summed E-state index contributed by atoms with van der Waals surface area (Å²) in [6.07, 6.45) is 8.25. The van der Waals surface area contributed by atoms with Crippen molar-refractivity contribution in [1.82, 2.24) is 5.32 Å². The number of carbonyl (C=O) groups is 1. The van der Waals surface area contributed by atoms with E-state index in [0.29, 0.717) is 12.1 Å². The van der Waals surface area contributed by atoms with E-state index in [1.807, 2.05) is 18.2 Å². The summed E-state index contributed by atoms with van der Waals surface area (Å²) in [5.74, 6) is -0.899. The van der Waals surface area contributed by atoms with E-state index in [4.69, 9.17) is 10.8 Å². The van der Waals surface area contributed by atoms with E-state index < -0.39 is 5.97 Å². The summed E-state index contributed by atoms with van der Waals surface area (Å²) < 4.78 is 0. The van der Waals surface area contributed by atoms with Crippen LogP contribution in [0.4, 0.5) is 0 Å². The van der Waals surface area contributed by atoms with Gasteiger partial charge in [-0.05, 0) is 13.0 Å². The van der Waals surface area contributed by atoms with Crippen molar-refractivity contribution < 1.29 is 9.90 Å². The van der Waals surface area contributed by atoms with Gasteiger partial charge in [0.25, 0.3) is 0 Å².